The van der Waals surface area contributed by atoms with Crippen LogP contribution in [-0.4, -0.2) is 58.0 Å². The van der Waals surface area contributed by atoms with Crippen LogP contribution in [0.1, 0.15) is 31.4 Å². The zero-order valence-electron chi connectivity index (χ0n) is 14.7. The number of likely N-dealkylation sites (tertiary alicyclic amines) is 2. The third-order valence-electron chi connectivity index (χ3n) is 5.35. The molecule has 2 fully saturated rings. The maximum absolute atomic E-state index is 12.6. The molecule has 0 aromatic carbocycles. The lowest BCUT2D eigenvalue weighted by Crippen LogP contribution is -2.53. The minimum Gasteiger partial charge on any atom is -0.344 e. The quantitative estimate of drug-likeness (QED) is 0.809. The summed E-state index contributed by atoms with van der Waals surface area (Å²) >= 11 is 0. The number of alkyl halides is 3. The summed E-state index contributed by atoms with van der Waals surface area (Å²) in [5.41, 5.74) is -1.84. The van der Waals surface area contributed by atoms with Crippen LogP contribution in [0.15, 0.2) is 17.2 Å². The molecule has 0 spiro atoms. The van der Waals surface area contributed by atoms with E-state index in [1.807, 2.05) is 7.05 Å². The summed E-state index contributed by atoms with van der Waals surface area (Å²) in [6, 6.07) is 0.483. The summed E-state index contributed by atoms with van der Waals surface area (Å²) in [4.78, 5) is 31.5. The van der Waals surface area contributed by atoms with Crippen molar-refractivity contribution in [2.45, 2.75) is 44.4 Å². The predicted octanol–water partition coefficient (Wildman–Crippen LogP) is 1.59. The van der Waals surface area contributed by atoms with Crippen LogP contribution >= 0.6 is 0 Å². The molecule has 3 heterocycles. The van der Waals surface area contributed by atoms with Crippen LogP contribution in [0.4, 0.5) is 13.2 Å². The number of piperidine rings is 2. The van der Waals surface area contributed by atoms with Crippen LogP contribution in [0.25, 0.3) is 0 Å². The van der Waals surface area contributed by atoms with E-state index in [1.54, 1.807) is 4.90 Å². The molecule has 6 nitrogen and oxygen atoms in total. The smallest absolute Gasteiger partial charge is 0.344 e. The second-order valence-corrected chi connectivity index (χ2v) is 7.16. The molecule has 0 radical (unpaired) electrons. The van der Waals surface area contributed by atoms with E-state index >= 15 is 0 Å². The summed E-state index contributed by atoms with van der Waals surface area (Å²) in [7, 11) is 1.82. The molecule has 1 atom stereocenters. The summed E-state index contributed by atoms with van der Waals surface area (Å²) in [5.74, 6) is 0.358. The van der Waals surface area contributed by atoms with Gasteiger partial charge >= 0.3 is 6.18 Å². The molecule has 0 bridgehead atoms. The molecule has 1 aromatic rings. The SMILES string of the molecule is CN1CCCC(N2CCC(Cn3cnc(C(F)(F)F)cc3=O)CC2)C1=O. The van der Waals surface area contributed by atoms with E-state index in [0.29, 0.717) is 12.6 Å². The fraction of sp³-hybridized carbons (Fsp3) is 0.706. The van der Waals surface area contributed by atoms with Gasteiger partial charge in [-0.3, -0.25) is 19.1 Å². The number of hydrogen-bond acceptors (Lipinski definition) is 4. The molecule has 1 aromatic heterocycles. The first-order chi connectivity index (χ1) is 12.3. The second kappa shape index (κ2) is 7.38. The first-order valence-corrected chi connectivity index (χ1v) is 8.88. The Morgan fingerprint density at radius 3 is 2.46 bits per heavy atom. The number of amides is 1. The Labute approximate surface area is 149 Å². The lowest BCUT2D eigenvalue weighted by molar-refractivity contribution is -0.141. The van der Waals surface area contributed by atoms with Crippen molar-refractivity contribution >= 4 is 5.91 Å². The summed E-state index contributed by atoms with van der Waals surface area (Å²) in [6.45, 7) is 2.68. The molecule has 2 saturated heterocycles. The molecule has 1 amide bonds. The van der Waals surface area contributed by atoms with Gasteiger partial charge in [-0.1, -0.05) is 0 Å². The Balaban J connectivity index is 1.58. The topological polar surface area (TPSA) is 58.4 Å². The largest absolute Gasteiger partial charge is 0.433 e. The Bertz CT molecular complexity index is 711. The van der Waals surface area contributed by atoms with Crippen LogP contribution in [0, 0.1) is 5.92 Å². The van der Waals surface area contributed by atoms with Gasteiger partial charge in [0.15, 0.2) is 5.69 Å². The van der Waals surface area contributed by atoms with Crippen LogP contribution in [0.5, 0.6) is 0 Å². The van der Waals surface area contributed by atoms with Crippen molar-refractivity contribution in [3.8, 4) is 0 Å². The van der Waals surface area contributed by atoms with Gasteiger partial charge in [0.2, 0.25) is 5.91 Å². The fourth-order valence-electron chi connectivity index (χ4n) is 3.79. The highest BCUT2D eigenvalue weighted by molar-refractivity contribution is 5.82. The standard InChI is InChI=1S/C17H23F3N4O2/c1-22-6-2-3-13(16(22)26)23-7-4-12(5-8-23)10-24-11-21-14(9-15(24)25)17(18,19)20/h9,11-13H,2-8,10H2,1H3. The number of likely N-dealkylation sites (N-methyl/N-ethyl adjacent to an activating group) is 1. The van der Waals surface area contributed by atoms with Gasteiger partial charge in [0, 0.05) is 26.2 Å². The van der Waals surface area contributed by atoms with Crippen molar-refractivity contribution in [3.05, 3.63) is 28.4 Å². The normalized spacial score (nSPS) is 23.5. The third-order valence-corrected chi connectivity index (χ3v) is 5.35. The Morgan fingerprint density at radius 2 is 1.85 bits per heavy atom. The fourth-order valence-corrected chi connectivity index (χ4v) is 3.79. The van der Waals surface area contributed by atoms with Crippen LogP contribution < -0.4 is 5.56 Å². The lowest BCUT2D eigenvalue weighted by Gasteiger charge is -2.40. The number of rotatable bonds is 3. The molecule has 1 unspecified atom stereocenters. The van der Waals surface area contributed by atoms with Crippen LogP contribution in [0.2, 0.25) is 0 Å². The zero-order chi connectivity index (χ0) is 18.9. The number of nitrogens with zero attached hydrogens (tertiary/aromatic N) is 4. The van der Waals surface area contributed by atoms with Gasteiger partial charge < -0.3 is 4.90 Å². The predicted molar refractivity (Wildman–Crippen MR) is 88.5 cm³/mol. The Morgan fingerprint density at radius 1 is 1.15 bits per heavy atom. The molecule has 2 aliphatic rings. The summed E-state index contributed by atoms with van der Waals surface area (Å²) < 4.78 is 39.0. The van der Waals surface area contributed by atoms with Crippen molar-refractivity contribution in [1.82, 2.24) is 19.4 Å². The van der Waals surface area contributed by atoms with Gasteiger partial charge in [-0.15, -0.1) is 0 Å². The lowest BCUT2D eigenvalue weighted by atomic mass is 9.93. The number of carbonyl (C=O) groups is 1. The number of carbonyl (C=O) groups excluding carboxylic acids is 1. The van der Waals surface area contributed by atoms with Gasteiger partial charge in [0.25, 0.3) is 5.56 Å². The van der Waals surface area contributed by atoms with E-state index in [4.69, 9.17) is 0 Å². The Hall–Kier alpha value is -1.90. The van der Waals surface area contributed by atoms with Crippen molar-refractivity contribution in [3.63, 3.8) is 0 Å². The molecular formula is C17H23F3N4O2. The number of hydrogen-bond donors (Lipinski definition) is 0. The Kier molecular flexibility index (Phi) is 5.36. The molecule has 144 valence electrons. The van der Waals surface area contributed by atoms with Crippen molar-refractivity contribution in [2.75, 3.05) is 26.7 Å². The van der Waals surface area contributed by atoms with E-state index in [2.05, 4.69) is 9.88 Å². The van der Waals surface area contributed by atoms with Gasteiger partial charge in [0.1, 0.15) is 0 Å². The molecule has 3 rings (SSSR count). The van der Waals surface area contributed by atoms with Gasteiger partial charge in [-0.2, -0.15) is 13.2 Å². The van der Waals surface area contributed by atoms with E-state index in [1.165, 1.54) is 4.57 Å². The third kappa shape index (κ3) is 4.08. The average Bonchev–Trinajstić information content (AvgIpc) is 2.59. The molecule has 0 aliphatic carbocycles. The van der Waals surface area contributed by atoms with Gasteiger partial charge in [-0.05, 0) is 44.7 Å². The first-order valence-electron chi connectivity index (χ1n) is 8.88. The summed E-state index contributed by atoms with van der Waals surface area (Å²) in [5, 5.41) is 0. The minimum absolute atomic E-state index is 0.0647. The number of halogens is 3. The van der Waals surface area contributed by atoms with Gasteiger partial charge in [-0.25, -0.2) is 4.98 Å². The molecular weight excluding hydrogens is 349 g/mol. The molecule has 9 heteroatoms. The van der Waals surface area contributed by atoms with E-state index in [0.717, 1.165) is 51.6 Å². The maximum Gasteiger partial charge on any atom is 0.433 e. The monoisotopic (exact) mass is 372 g/mol. The minimum atomic E-state index is -4.61. The first kappa shape index (κ1) is 18.9. The zero-order valence-corrected chi connectivity index (χ0v) is 14.7. The molecule has 2 aliphatic heterocycles. The highest BCUT2D eigenvalue weighted by Crippen LogP contribution is 2.27. The highest BCUT2D eigenvalue weighted by Gasteiger charge is 2.35. The maximum atomic E-state index is 12.6. The summed E-state index contributed by atoms with van der Waals surface area (Å²) in [6.07, 6.45) is -0.141. The van der Waals surface area contributed by atoms with Crippen molar-refractivity contribution < 1.29 is 18.0 Å². The average molecular weight is 372 g/mol. The second-order valence-electron chi connectivity index (χ2n) is 7.16. The van der Waals surface area contributed by atoms with Crippen LogP contribution in [-0.2, 0) is 17.5 Å². The van der Waals surface area contributed by atoms with Crippen LogP contribution in [0.3, 0.4) is 0 Å². The van der Waals surface area contributed by atoms with E-state index in [9.17, 15) is 22.8 Å². The van der Waals surface area contributed by atoms with E-state index < -0.39 is 17.4 Å². The van der Waals surface area contributed by atoms with Crippen molar-refractivity contribution in [2.24, 2.45) is 5.92 Å². The highest BCUT2D eigenvalue weighted by atomic mass is 19.4. The van der Waals surface area contributed by atoms with Gasteiger partial charge in [0.05, 0.1) is 12.4 Å². The molecule has 0 saturated carbocycles. The molecule has 0 N–H and O–H groups in total. The number of aromatic nitrogens is 2. The van der Waals surface area contributed by atoms with Crippen molar-refractivity contribution in [1.29, 1.82) is 0 Å². The van der Waals surface area contributed by atoms with E-state index in [-0.39, 0.29) is 17.9 Å². The molecule has 26 heavy (non-hydrogen) atoms.